The minimum Gasteiger partial charge on any atom is -0.493 e. The zero-order valence-corrected chi connectivity index (χ0v) is 18.8. The standard InChI is InChI=1S/C23H27N5O4/c1-13-21(32-14(2)24-13)23(29)27-12-20-25-26-22(28(20)17-8-6-5-7-16(17)27)15-9-10-18(30-3)19(11-15)31-4/h9-11,16-17H,5-8,12H2,1-4H3/t16-,17-/m0/s1. The molecule has 32 heavy (non-hydrogen) atoms. The van der Waals surface area contributed by atoms with Crippen LogP contribution in [0.15, 0.2) is 22.6 Å². The molecule has 1 aliphatic carbocycles. The first-order valence-electron chi connectivity index (χ1n) is 10.9. The van der Waals surface area contributed by atoms with Crippen LogP contribution in [0, 0.1) is 13.8 Å². The minimum atomic E-state index is -0.123. The lowest BCUT2D eigenvalue weighted by Gasteiger charge is -2.44. The van der Waals surface area contributed by atoms with Crippen molar-refractivity contribution in [1.29, 1.82) is 0 Å². The van der Waals surface area contributed by atoms with E-state index in [9.17, 15) is 4.79 Å². The van der Waals surface area contributed by atoms with Gasteiger partial charge in [0.15, 0.2) is 29.0 Å². The summed E-state index contributed by atoms with van der Waals surface area (Å²) in [6.45, 7) is 3.96. The van der Waals surface area contributed by atoms with Crippen LogP contribution in [-0.4, -0.2) is 50.8 Å². The third kappa shape index (κ3) is 3.23. The van der Waals surface area contributed by atoms with E-state index in [1.165, 1.54) is 0 Å². The highest BCUT2D eigenvalue weighted by molar-refractivity contribution is 5.92. The number of amides is 1. The second-order valence-corrected chi connectivity index (χ2v) is 8.38. The number of hydrogen-bond donors (Lipinski definition) is 0. The summed E-state index contributed by atoms with van der Waals surface area (Å²) in [7, 11) is 3.24. The predicted molar refractivity (Wildman–Crippen MR) is 116 cm³/mol. The number of aromatic nitrogens is 4. The van der Waals surface area contributed by atoms with E-state index in [4.69, 9.17) is 13.9 Å². The highest BCUT2D eigenvalue weighted by Crippen LogP contribution is 2.41. The number of aryl methyl sites for hydroxylation is 2. The Balaban J connectivity index is 1.55. The molecular formula is C23H27N5O4. The van der Waals surface area contributed by atoms with E-state index in [-0.39, 0.29) is 18.0 Å². The molecule has 5 rings (SSSR count). The number of fused-ring (bicyclic) bond motifs is 3. The van der Waals surface area contributed by atoms with Crippen molar-refractivity contribution >= 4 is 5.91 Å². The van der Waals surface area contributed by atoms with Gasteiger partial charge in [-0.15, -0.1) is 10.2 Å². The fourth-order valence-corrected chi connectivity index (χ4v) is 5.06. The van der Waals surface area contributed by atoms with Gasteiger partial charge >= 0.3 is 0 Å². The van der Waals surface area contributed by atoms with E-state index in [2.05, 4.69) is 19.7 Å². The fourth-order valence-electron chi connectivity index (χ4n) is 5.06. The van der Waals surface area contributed by atoms with Crippen LogP contribution < -0.4 is 9.47 Å². The maximum Gasteiger partial charge on any atom is 0.292 e. The molecule has 2 aromatic heterocycles. The zero-order chi connectivity index (χ0) is 22.4. The highest BCUT2D eigenvalue weighted by Gasteiger charge is 2.42. The van der Waals surface area contributed by atoms with Gasteiger partial charge in [-0.2, -0.15) is 0 Å². The molecule has 0 saturated heterocycles. The van der Waals surface area contributed by atoms with Gasteiger partial charge in [0.05, 0.1) is 38.5 Å². The van der Waals surface area contributed by atoms with Gasteiger partial charge in [-0.1, -0.05) is 12.8 Å². The second-order valence-electron chi connectivity index (χ2n) is 8.38. The number of ether oxygens (including phenoxy) is 2. The quantitative estimate of drug-likeness (QED) is 0.614. The summed E-state index contributed by atoms with van der Waals surface area (Å²) in [5.41, 5.74) is 1.53. The first-order valence-corrected chi connectivity index (χ1v) is 10.9. The van der Waals surface area contributed by atoms with Gasteiger partial charge in [0.25, 0.3) is 5.91 Å². The Labute approximate surface area is 186 Å². The normalized spacial score (nSPS) is 19.9. The molecule has 0 unspecified atom stereocenters. The maximum absolute atomic E-state index is 13.4. The molecule has 1 aliphatic heterocycles. The van der Waals surface area contributed by atoms with E-state index < -0.39 is 0 Å². The van der Waals surface area contributed by atoms with Crippen LogP contribution in [0.25, 0.3) is 11.4 Å². The topological polar surface area (TPSA) is 95.5 Å². The Morgan fingerprint density at radius 2 is 1.81 bits per heavy atom. The molecule has 2 atom stereocenters. The SMILES string of the molecule is COc1ccc(-c2nnc3n2[C@H]2CCCC[C@@H]2N(C(=O)c2oc(C)nc2C)C3)cc1OC. The highest BCUT2D eigenvalue weighted by atomic mass is 16.5. The molecule has 168 valence electrons. The molecule has 0 N–H and O–H groups in total. The van der Waals surface area contributed by atoms with Crippen LogP contribution in [0.4, 0.5) is 0 Å². The van der Waals surface area contributed by atoms with E-state index in [0.717, 1.165) is 42.9 Å². The van der Waals surface area contributed by atoms with Crippen molar-refractivity contribution in [3.8, 4) is 22.9 Å². The van der Waals surface area contributed by atoms with E-state index in [1.807, 2.05) is 30.0 Å². The van der Waals surface area contributed by atoms with Crippen molar-refractivity contribution in [3.05, 3.63) is 41.4 Å². The summed E-state index contributed by atoms with van der Waals surface area (Å²) in [4.78, 5) is 19.6. The van der Waals surface area contributed by atoms with Gasteiger partial charge in [-0.25, -0.2) is 4.98 Å². The molecule has 3 heterocycles. The van der Waals surface area contributed by atoms with Gasteiger partial charge in [0.2, 0.25) is 5.76 Å². The van der Waals surface area contributed by atoms with Crippen LogP contribution in [0.5, 0.6) is 11.5 Å². The lowest BCUT2D eigenvalue weighted by molar-refractivity contribution is 0.0389. The number of oxazole rings is 1. The maximum atomic E-state index is 13.4. The monoisotopic (exact) mass is 437 g/mol. The molecular weight excluding hydrogens is 410 g/mol. The fraction of sp³-hybridized carbons (Fsp3) is 0.478. The molecule has 1 aromatic carbocycles. The Hall–Kier alpha value is -3.36. The Morgan fingerprint density at radius 3 is 2.50 bits per heavy atom. The van der Waals surface area contributed by atoms with Crippen molar-refractivity contribution in [2.24, 2.45) is 0 Å². The van der Waals surface area contributed by atoms with Crippen molar-refractivity contribution in [2.45, 2.75) is 58.2 Å². The van der Waals surface area contributed by atoms with Gasteiger partial charge in [0.1, 0.15) is 0 Å². The molecule has 2 aliphatic rings. The molecule has 9 heteroatoms. The molecule has 3 aromatic rings. The number of carbonyl (C=O) groups is 1. The number of methoxy groups -OCH3 is 2. The largest absolute Gasteiger partial charge is 0.493 e. The van der Waals surface area contributed by atoms with Crippen LogP contribution in [0.3, 0.4) is 0 Å². The van der Waals surface area contributed by atoms with Gasteiger partial charge in [-0.05, 0) is 38.0 Å². The molecule has 0 bridgehead atoms. The van der Waals surface area contributed by atoms with E-state index in [1.54, 1.807) is 21.1 Å². The first-order chi connectivity index (χ1) is 15.5. The molecule has 1 fully saturated rings. The van der Waals surface area contributed by atoms with Crippen LogP contribution in [0.1, 0.15) is 59.7 Å². The average Bonchev–Trinajstić information content (AvgIpc) is 3.40. The zero-order valence-electron chi connectivity index (χ0n) is 18.8. The Bertz CT molecular complexity index is 1170. The van der Waals surface area contributed by atoms with Crippen molar-refractivity contribution in [1.82, 2.24) is 24.6 Å². The number of rotatable bonds is 4. The van der Waals surface area contributed by atoms with Gasteiger partial charge in [-0.3, -0.25) is 4.79 Å². The predicted octanol–water partition coefficient (Wildman–Crippen LogP) is 3.71. The molecule has 0 radical (unpaired) electrons. The average molecular weight is 438 g/mol. The van der Waals surface area contributed by atoms with Crippen LogP contribution >= 0.6 is 0 Å². The summed E-state index contributed by atoms with van der Waals surface area (Å²) in [6.07, 6.45) is 4.09. The lowest BCUT2D eigenvalue weighted by atomic mass is 9.87. The molecule has 9 nitrogen and oxygen atoms in total. The lowest BCUT2D eigenvalue weighted by Crippen LogP contribution is -2.50. The molecule has 0 spiro atoms. The molecule has 1 saturated carbocycles. The smallest absolute Gasteiger partial charge is 0.292 e. The number of carbonyl (C=O) groups excluding carboxylic acids is 1. The van der Waals surface area contributed by atoms with Crippen LogP contribution in [0.2, 0.25) is 0 Å². The summed E-state index contributed by atoms with van der Waals surface area (Å²) < 4.78 is 18.7. The number of benzene rings is 1. The number of nitrogens with zero attached hydrogens (tertiary/aromatic N) is 5. The molecule has 1 amide bonds. The van der Waals surface area contributed by atoms with Crippen molar-refractivity contribution in [3.63, 3.8) is 0 Å². The minimum absolute atomic E-state index is 0.0588. The Morgan fingerprint density at radius 1 is 1.06 bits per heavy atom. The van der Waals surface area contributed by atoms with Crippen LogP contribution in [-0.2, 0) is 6.54 Å². The van der Waals surface area contributed by atoms with Crippen molar-refractivity contribution in [2.75, 3.05) is 14.2 Å². The third-order valence-corrected chi connectivity index (χ3v) is 6.50. The van der Waals surface area contributed by atoms with E-state index in [0.29, 0.717) is 35.4 Å². The summed E-state index contributed by atoms with van der Waals surface area (Å²) >= 11 is 0. The van der Waals surface area contributed by atoms with Gasteiger partial charge < -0.3 is 23.4 Å². The summed E-state index contributed by atoms with van der Waals surface area (Å²) in [5, 5.41) is 9.00. The summed E-state index contributed by atoms with van der Waals surface area (Å²) in [5.74, 6) is 3.58. The van der Waals surface area contributed by atoms with Gasteiger partial charge in [0, 0.05) is 12.5 Å². The third-order valence-electron chi connectivity index (χ3n) is 6.50. The number of hydrogen-bond acceptors (Lipinski definition) is 7. The second kappa shape index (κ2) is 7.96. The van der Waals surface area contributed by atoms with Crippen molar-refractivity contribution < 1.29 is 18.7 Å². The Kier molecular flexibility index (Phi) is 5.11. The van der Waals surface area contributed by atoms with E-state index >= 15 is 0 Å². The summed E-state index contributed by atoms with van der Waals surface area (Å²) in [6, 6.07) is 5.94. The first kappa shape index (κ1) is 20.5.